The van der Waals surface area contributed by atoms with Crippen LogP contribution >= 0.6 is 0 Å². The molecule has 0 aliphatic carbocycles. The molecule has 17 heavy (non-hydrogen) atoms. The van der Waals surface area contributed by atoms with Gasteiger partial charge < -0.3 is 10.6 Å². The zero-order valence-corrected chi connectivity index (χ0v) is 9.73. The van der Waals surface area contributed by atoms with Crippen LogP contribution in [0.4, 0.5) is 0 Å². The van der Waals surface area contributed by atoms with Gasteiger partial charge in [-0.3, -0.25) is 9.79 Å². The van der Waals surface area contributed by atoms with Gasteiger partial charge in [-0.2, -0.15) is 0 Å². The smallest absolute Gasteiger partial charge is 0.212 e. The molecule has 1 aliphatic heterocycles. The molecule has 0 aromatic heterocycles. The van der Waals surface area contributed by atoms with Gasteiger partial charge in [0.15, 0.2) is 0 Å². The fourth-order valence-corrected chi connectivity index (χ4v) is 1.97. The third-order valence-corrected chi connectivity index (χ3v) is 2.86. The minimum absolute atomic E-state index is 0.305. The molecule has 90 valence electrons. The minimum Gasteiger partial charge on any atom is -0.317 e. The van der Waals surface area contributed by atoms with Crippen LogP contribution in [-0.2, 0) is 4.79 Å². The Hall–Kier alpha value is -1.68. The molecule has 0 bridgehead atoms. The van der Waals surface area contributed by atoms with Crippen molar-refractivity contribution in [2.75, 3.05) is 13.1 Å². The van der Waals surface area contributed by atoms with Crippen molar-refractivity contribution in [3.05, 3.63) is 35.9 Å². The first-order valence-corrected chi connectivity index (χ1v) is 5.94. The quantitative estimate of drug-likeness (QED) is 0.462. The van der Waals surface area contributed by atoms with Crippen LogP contribution < -0.4 is 10.6 Å². The SMILES string of the molecule is O=CNC(=NC1CCNCC1)c1ccccc1. The van der Waals surface area contributed by atoms with Gasteiger partial charge in [-0.1, -0.05) is 30.3 Å². The van der Waals surface area contributed by atoms with E-state index in [1.54, 1.807) is 0 Å². The molecule has 1 saturated heterocycles. The number of amides is 1. The van der Waals surface area contributed by atoms with Crippen molar-refractivity contribution >= 4 is 12.2 Å². The average Bonchev–Trinajstić information content (AvgIpc) is 2.40. The Labute approximate surface area is 101 Å². The van der Waals surface area contributed by atoms with Crippen molar-refractivity contribution in [3.63, 3.8) is 0 Å². The normalized spacial score (nSPS) is 17.8. The fraction of sp³-hybridized carbons (Fsp3) is 0.385. The number of hydrogen-bond donors (Lipinski definition) is 2. The van der Waals surface area contributed by atoms with E-state index in [0.717, 1.165) is 31.5 Å². The highest BCUT2D eigenvalue weighted by Gasteiger charge is 2.13. The van der Waals surface area contributed by atoms with Gasteiger partial charge in [0.1, 0.15) is 5.84 Å². The van der Waals surface area contributed by atoms with Crippen LogP contribution in [0.1, 0.15) is 18.4 Å². The van der Waals surface area contributed by atoms with Gasteiger partial charge in [0, 0.05) is 5.56 Å². The van der Waals surface area contributed by atoms with Crippen LogP contribution in [0.2, 0.25) is 0 Å². The van der Waals surface area contributed by atoms with Crippen molar-refractivity contribution in [1.29, 1.82) is 0 Å². The van der Waals surface area contributed by atoms with Crippen molar-refractivity contribution < 1.29 is 4.79 Å². The van der Waals surface area contributed by atoms with E-state index >= 15 is 0 Å². The Bertz CT molecular complexity index is 383. The summed E-state index contributed by atoms with van der Waals surface area (Å²) < 4.78 is 0. The Kier molecular flexibility index (Phi) is 4.27. The van der Waals surface area contributed by atoms with Crippen molar-refractivity contribution in [1.82, 2.24) is 10.6 Å². The molecule has 1 fully saturated rings. The Morgan fingerprint density at radius 1 is 1.29 bits per heavy atom. The van der Waals surface area contributed by atoms with Crippen LogP contribution in [0.3, 0.4) is 0 Å². The lowest BCUT2D eigenvalue weighted by atomic mass is 10.1. The summed E-state index contributed by atoms with van der Waals surface area (Å²) in [6, 6.07) is 10.1. The molecule has 4 heteroatoms. The average molecular weight is 231 g/mol. The number of nitrogens with zero attached hydrogens (tertiary/aromatic N) is 1. The standard InChI is InChI=1S/C13H17N3O/c17-10-15-13(11-4-2-1-3-5-11)16-12-6-8-14-9-7-12/h1-5,10,12,14H,6-9H2,(H,15,16,17). The maximum absolute atomic E-state index is 10.6. The topological polar surface area (TPSA) is 53.5 Å². The molecule has 1 aromatic carbocycles. The van der Waals surface area contributed by atoms with Gasteiger partial charge in [0.05, 0.1) is 6.04 Å². The van der Waals surface area contributed by atoms with Crippen molar-refractivity contribution in [2.24, 2.45) is 4.99 Å². The number of hydrogen-bond acceptors (Lipinski definition) is 3. The number of carbonyl (C=O) groups excluding carboxylic acids is 1. The molecule has 1 amide bonds. The summed E-state index contributed by atoms with van der Waals surface area (Å²) in [4.78, 5) is 15.3. The van der Waals surface area contributed by atoms with E-state index < -0.39 is 0 Å². The lowest BCUT2D eigenvalue weighted by Crippen LogP contribution is -2.32. The highest BCUT2D eigenvalue weighted by Crippen LogP contribution is 2.09. The molecular weight excluding hydrogens is 214 g/mol. The molecule has 1 aromatic rings. The first-order valence-electron chi connectivity index (χ1n) is 5.94. The van der Waals surface area contributed by atoms with Gasteiger partial charge in [0.25, 0.3) is 0 Å². The molecule has 0 spiro atoms. The number of nitrogens with one attached hydrogen (secondary N) is 2. The molecule has 2 N–H and O–H groups in total. The molecule has 1 aliphatic rings. The highest BCUT2D eigenvalue weighted by atomic mass is 16.1. The number of benzene rings is 1. The lowest BCUT2D eigenvalue weighted by molar-refractivity contribution is -0.108. The van der Waals surface area contributed by atoms with Crippen LogP contribution in [-0.4, -0.2) is 31.4 Å². The van der Waals surface area contributed by atoms with E-state index in [9.17, 15) is 4.79 Å². The van der Waals surface area contributed by atoms with Crippen molar-refractivity contribution in [2.45, 2.75) is 18.9 Å². The molecule has 0 unspecified atom stereocenters. The maximum Gasteiger partial charge on any atom is 0.212 e. The second-order valence-corrected chi connectivity index (χ2v) is 4.09. The first-order chi connectivity index (χ1) is 8.40. The van der Waals surface area contributed by atoms with Crippen LogP contribution in [0.15, 0.2) is 35.3 Å². The van der Waals surface area contributed by atoms with E-state index in [1.807, 2.05) is 30.3 Å². The molecule has 0 atom stereocenters. The Morgan fingerprint density at radius 3 is 2.65 bits per heavy atom. The third-order valence-electron chi connectivity index (χ3n) is 2.86. The Balaban J connectivity index is 2.15. The predicted molar refractivity (Wildman–Crippen MR) is 68.1 cm³/mol. The number of piperidine rings is 1. The molecule has 0 saturated carbocycles. The second kappa shape index (κ2) is 6.15. The van der Waals surface area contributed by atoms with E-state index in [1.165, 1.54) is 0 Å². The fourth-order valence-electron chi connectivity index (χ4n) is 1.97. The van der Waals surface area contributed by atoms with E-state index in [0.29, 0.717) is 18.3 Å². The van der Waals surface area contributed by atoms with E-state index in [2.05, 4.69) is 15.6 Å². The molecule has 4 nitrogen and oxygen atoms in total. The summed E-state index contributed by atoms with van der Waals surface area (Å²) in [6.45, 7) is 1.99. The van der Waals surface area contributed by atoms with Gasteiger partial charge in [0.2, 0.25) is 6.41 Å². The molecular formula is C13H17N3O. The van der Waals surface area contributed by atoms with Crippen molar-refractivity contribution in [3.8, 4) is 0 Å². The van der Waals surface area contributed by atoms with Gasteiger partial charge in [-0.25, -0.2) is 0 Å². The number of amidine groups is 1. The summed E-state index contributed by atoms with van der Waals surface area (Å²) in [7, 11) is 0. The number of carbonyl (C=O) groups is 1. The first kappa shape index (κ1) is 11.8. The van der Waals surface area contributed by atoms with Gasteiger partial charge in [-0.15, -0.1) is 0 Å². The summed E-state index contributed by atoms with van der Waals surface area (Å²) in [5.74, 6) is 0.674. The molecule has 0 radical (unpaired) electrons. The summed E-state index contributed by atoms with van der Waals surface area (Å²) in [5.41, 5.74) is 0.957. The number of rotatable bonds is 3. The maximum atomic E-state index is 10.6. The predicted octanol–water partition coefficient (Wildman–Crippen LogP) is 0.931. The molecule has 1 heterocycles. The van der Waals surface area contributed by atoms with Gasteiger partial charge in [-0.05, 0) is 25.9 Å². The van der Waals surface area contributed by atoms with Crippen LogP contribution in [0, 0.1) is 0 Å². The minimum atomic E-state index is 0.305. The third kappa shape index (κ3) is 3.39. The summed E-state index contributed by atoms with van der Waals surface area (Å²) >= 11 is 0. The second-order valence-electron chi connectivity index (χ2n) is 4.09. The summed E-state index contributed by atoms with van der Waals surface area (Å²) in [5, 5.41) is 6.00. The molecule has 2 rings (SSSR count). The zero-order chi connectivity index (χ0) is 11.9. The van der Waals surface area contributed by atoms with Crippen LogP contribution in [0.5, 0.6) is 0 Å². The highest BCUT2D eigenvalue weighted by molar-refractivity contribution is 6.03. The van der Waals surface area contributed by atoms with Gasteiger partial charge >= 0.3 is 0 Å². The zero-order valence-electron chi connectivity index (χ0n) is 9.73. The number of aliphatic imine (C=N–C) groups is 1. The Morgan fingerprint density at radius 2 is 2.00 bits per heavy atom. The summed E-state index contributed by atoms with van der Waals surface area (Å²) in [6.07, 6.45) is 2.74. The largest absolute Gasteiger partial charge is 0.317 e. The van der Waals surface area contributed by atoms with Crippen LogP contribution in [0.25, 0.3) is 0 Å². The van der Waals surface area contributed by atoms with E-state index in [-0.39, 0.29) is 0 Å². The van der Waals surface area contributed by atoms with E-state index in [4.69, 9.17) is 0 Å². The monoisotopic (exact) mass is 231 g/mol. The lowest BCUT2D eigenvalue weighted by Gasteiger charge is -2.20.